The number of benzene rings is 2. The molecule has 1 fully saturated rings. The highest BCUT2D eigenvalue weighted by atomic mass is 35.5. The monoisotopic (exact) mass is 452 g/mol. The van der Waals surface area contributed by atoms with E-state index in [0.29, 0.717) is 28.8 Å². The number of hydrogen-bond donors (Lipinski definition) is 2. The molecule has 0 aromatic heterocycles. The summed E-state index contributed by atoms with van der Waals surface area (Å²) >= 11 is 12.4. The van der Waals surface area contributed by atoms with Crippen molar-refractivity contribution in [1.82, 2.24) is 4.90 Å². The summed E-state index contributed by atoms with van der Waals surface area (Å²) < 4.78 is 5.04. The number of anilines is 1. The van der Waals surface area contributed by atoms with E-state index in [1.165, 1.54) is 25.3 Å². The van der Waals surface area contributed by atoms with Crippen LogP contribution in [0.5, 0.6) is 11.5 Å². The molecule has 10 heteroatoms. The van der Waals surface area contributed by atoms with E-state index in [-0.39, 0.29) is 20.7 Å². The molecule has 3 rings (SSSR count). The quantitative estimate of drug-likeness (QED) is 0.653. The maximum Gasteiger partial charge on any atom is 0.294 e. The van der Waals surface area contributed by atoms with Crippen molar-refractivity contribution in [2.75, 3.05) is 19.0 Å². The minimum atomic E-state index is -0.606. The predicted molar refractivity (Wildman–Crippen MR) is 112 cm³/mol. The van der Waals surface area contributed by atoms with Gasteiger partial charge in [-0.1, -0.05) is 23.2 Å². The Hall–Kier alpha value is -2.68. The molecule has 0 radical (unpaired) electrons. The van der Waals surface area contributed by atoms with Crippen LogP contribution in [-0.4, -0.2) is 40.7 Å². The second kappa shape index (κ2) is 8.77. The van der Waals surface area contributed by atoms with Crippen LogP contribution >= 0.6 is 35.0 Å². The normalized spacial score (nSPS) is 15.1. The number of hydrogen-bond acceptors (Lipinski definition) is 6. The summed E-state index contributed by atoms with van der Waals surface area (Å²) in [5.41, 5.74) is 0.942. The molecular formula is C19H14Cl2N2O5S. The molecule has 0 unspecified atom stereocenters. The average molecular weight is 453 g/mol. The van der Waals surface area contributed by atoms with Gasteiger partial charge in [0.2, 0.25) is 5.91 Å². The summed E-state index contributed by atoms with van der Waals surface area (Å²) in [6.45, 7) is -0.425. The molecule has 1 aliphatic rings. The number of aromatic hydroxyl groups is 1. The number of carbonyl (C=O) groups excluding carboxylic acids is 3. The molecule has 3 amide bonds. The maximum absolute atomic E-state index is 12.5. The van der Waals surface area contributed by atoms with Crippen molar-refractivity contribution in [3.05, 3.63) is 56.9 Å². The van der Waals surface area contributed by atoms with Crippen molar-refractivity contribution >= 4 is 63.8 Å². The van der Waals surface area contributed by atoms with Crippen molar-refractivity contribution in [3.63, 3.8) is 0 Å². The highest BCUT2D eigenvalue weighted by Crippen LogP contribution is 2.36. The predicted octanol–water partition coefficient (Wildman–Crippen LogP) is 4.38. The van der Waals surface area contributed by atoms with E-state index >= 15 is 0 Å². The van der Waals surface area contributed by atoms with Gasteiger partial charge in [-0.3, -0.25) is 19.3 Å². The van der Waals surface area contributed by atoms with Gasteiger partial charge in [0.05, 0.1) is 22.1 Å². The number of imide groups is 1. The molecule has 1 saturated heterocycles. The third kappa shape index (κ3) is 4.84. The third-order valence-electron chi connectivity index (χ3n) is 3.89. The topological polar surface area (TPSA) is 95.9 Å². The zero-order valence-electron chi connectivity index (χ0n) is 14.9. The fourth-order valence-electron chi connectivity index (χ4n) is 2.47. The minimum Gasteiger partial charge on any atom is -0.505 e. The van der Waals surface area contributed by atoms with E-state index in [0.717, 1.165) is 4.90 Å². The Morgan fingerprint density at radius 1 is 1.21 bits per heavy atom. The van der Waals surface area contributed by atoms with Crippen molar-refractivity contribution < 1.29 is 24.2 Å². The molecule has 1 heterocycles. The molecule has 2 N–H and O–H groups in total. The summed E-state index contributed by atoms with van der Waals surface area (Å²) in [4.78, 5) is 37.9. The van der Waals surface area contributed by atoms with Crippen LogP contribution in [0.1, 0.15) is 5.56 Å². The van der Waals surface area contributed by atoms with Gasteiger partial charge in [-0.2, -0.15) is 0 Å². The molecule has 0 aliphatic carbocycles. The molecule has 2 aromatic rings. The fourth-order valence-corrected chi connectivity index (χ4v) is 3.82. The minimum absolute atomic E-state index is 0.0156. The Balaban J connectivity index is 1.70. The standard InChI is InChI=1S/C19H14Cl2N2O5S/c1-28-12-4-2-11(3-5-12)22-16(24)9-23-18(26)15(29-19(23)27)8-10-6-13(20)17(25)14(21)7-10/h2-8,25H,9H2,1H3,(H,22,24)/b15-8-. The van der Waals surface area contributed by atoms with Crippen LogP contribution in [0.15, 0.2) is 41.3 Å². The maximum atomic E-state index is 12.5. The Morgan fingerprint density at radius 2 is 1.83 bits per heavy atom. The largest absolute Gasteiger partial charge is 0.505 e. The van der Waals surface area contributed by atoms with Crippen LogP contribution in [0.2, 0.25) is 10.0 Å². The highest BCUT2D eigenvalue weighted by Gasteiger charge is 2.36. The lowest BCUT2D eigenvalue weighted by Gasteiger charge is -2.12. The molecule has 2 aromatic carbocycles. The molecule has 0 bridgehead atoms. The second-order valence-corrected chi connectivity index (χ2v) is 7.69. The van der Waals surface area contributed by atoms with Gasteiger partial charge < -0.3 is 15.2 Å². The summed E-state index contributed by atoms with van der Waals surface area (Å²) in [5, 5.41) is 11.7. The van der Waals surface area contributed by atoms with E-state index in [4.69, 9.17) is 27.9 Å². The SMILES string of the molecule is COc1ccc(NC(=O)CN2C(=O)S/C(=C\c3cc(Cl)c(O)c(Cl)c3)C2=O)cc1. The lowest BCUT2D eigenvalue weighted by atomic mass is 10.2. The lowest BCUT2D eigenvalue weighted by molar-refractivity contribution is -0.127. The van der Waals surface area contributed by atoms with Crippen LogP contribution in [0, 0.1) is 0 Å². The molecule has 7 nitrogen and oxygen atoms in total. The van der Waals surface area contributed by atoms with E-state index in [1.807, 2.05) is 0 Å². The van der Waals surface area contributed by atoms with Gasteiger partial charge in [0.25, 0.3) is 11.1 Å². The first-order valence-corrected chi connectivity index (χ1v) is 9.73. The van der Waals surface area contributed by atoms with E-state index < -0.39 is 23.6 Å². The number of carbonyl (C=O) groups is 3. The Bertz CT molecular complexity index is 1000. The zero-order valence-corrected chi connectivity index (χ0v) is 17.3. The van der Waals surface area contributed by atoms with E-state index in [1.54, 1.807) is 24.3 Å². The molecule has 0 atom stereocenters. The zero-order chi connectivity index (χ0) is 21.1. The van der Waals surface area contributed by atoms with Crippen molar-refractivity contribution in [2.24, 2.45) is 0 Å². The Kier molecular flexibility index (Phi) is 6.36. The molecule has 0 saturated carbocycles. The van der Waals surface area contributed by atoms with E-state index in [9.17, 15) is 19.5 Å². The summed E-state index contributed by atoms with van der Waals surface area (Å²) in [6.07, 6.45) is 1.42. The van der Waals surface area contributed by atoms with Gasteiger partial charge in [0.15, 0.2) is 5.75 Å². The van der Waals surface area contributed by atoms with Crippen LogP contribution in [0.25, 0.3) is 6.08 Å². The average Bonchev–Trinajstić information content (AvgIpc) is 2.94. The first-order chi connectivity index (χ1) is 13.8. The number of phenols is 1. The van der Waals surface area contributed by atoms with Gasteiger partial charge in [-0.15, -0.1) is 0 Å². The fraction of sp³-hybridized carbons (Fsp3) is 0.105. The Morgan fingerprint density at radius 3 is 2.41 bits per heavy atom. The van der Waals surface area contributed by atoms with Gasteiger partial charge in [0.1, 0.15) is 12.3 Å². The van der Waals surface area contributed by atoms with Crippen molar-refractivity contribution in [2.45, 2.75) is 0 Å². The number of rotatable bonds is 5. The van der Waals surface area contributed by atoms with Crippen molar-refractivity contribution in [3.8, 4) is 11.5 Å². The second-order valence-electron chi connectivity index (χ2n) is 5.88. The number of amides is 3. The lowest BCUT2D eigenvalue weighted by Crippen LogP contribution is -2.36. The van der Waals surface area contributed by atoms with Gasteiger partial charge in [-0.25, -0.2) is 0 Å². The molecule has 1 aliphatic heterocycles. The number of ether oxygens (including phenoxy) is 1. The van der Waals surface area contributed by atoms with Gasteiger partial charge in [0, 0.05) is 5.69 Å². The molecule has 0 spiro atoms. The van der Waals surface area contributed by atoms with Gasteiger partial charge in [-0.05, 0) is 59.8 Å². The highest BCUT2D eigenvalue weighted by molar-refractivity contribution is 8.18. The number of phenolic OH excluding ortho intramolecular Hbond substituents is 1. The smallest absolute Gasteiger partial charge is 0.294 e. The summed E-state index contributed by atoms with van der Waals surface area (Å²) in [5.74, 6) is -0.762. The number of halogens is 2. The first kappa shape index (κ1) is 21.0. The van der Waals surface area contributed by atoms with Crippen LogP contribution in [-0.2, 0) is 9.59 Å². The van der Waals surface area contributed by atoms with Crippen molar-refractivity contribution in [1.29, 1.82) is 0 Å². The van der Waals surface area contributed by atoms with Gasteiger partial charge >= 0.3 is 0 Å². The number of thioether (sulfide) groups is 1. The number of methoxy groups -OCH3 is 1. The van der Waals surface area contributed by atoms with Crippen LogP contribution in [0.4, 0.5) is 10.5 Å². The third-order valence-corrected chi connectivity index (χ3v) is 5.37. The van der Waals surface area contributed by atoms with Crippen LogP contribution in [0.3, 0.4) is 0 Å². The number of nitrogens with one attached hydrogen (secondary N) is 1. The number of nitrogens with zero attached hydrogens (tertiary/aromatic N) is 1. The van der Waals surface area contributed by atoms with E-state index in [2.05, 4.69) is 5.32 Å². The Labute approximate surface area is 180 Å². The van der Waals surface area contributed by atoms with Crippen LogP contribution < -0.4 is 10.1 Å². The first-order valence-electron chi connectivity index (χ1n) is 8.15. The molecular weight excluding hydrogens is 439 g/mol. The molecule has 150 valence electrons. The summed E-state index contributed by atoms with van der Waals surface area (Å²) in [7, 11) is 1.53. The summed E-state index contributed by atoms with van der Waals surface area (Å²) in [6, 6.07) is 9.45. The molecule has 29 heavy (non-hydrogen) atoms.